The van der Waals surface area contributed by atoms with Crippen LogP contribution in [-0.4, -0.2) is 31.7 Å². The van der Waals surface area contributed by atoms with Crippen LogP contribution in [0.1, 0.15) is 12.5 Å². The van der Waals surface area contributed by atoms with E-state index in [1.54, 1.807) is 38.3 Å². The number of carbonyl (C=O) groups excluding carboxylic acids is 2. The molecule has 0 radical (unpaired) electrons. The van der Waals surface area contributed by atoms with Crippen LogP contribution >= 0.6 is 0 Å². The van der Waals surface area contributed by atoms with Crippen molar-refractivity contribution in [1.29, 1.82) is 0 Å². The number of benzene rings is 2. The van der Waals surface area contributed by atoms with Gasteiger partial charge in [-0.3, -0.25) is 4.79 Å². The second kappa shape index (κ2) is 9.32. The molecule has 1 amide bonds. The van der Waals surface area contributed by atoms with Gasteiger partial charge in [-0.15, -0.1) is 0 Å². The van der Waals surface area contributed by atoms with Gasteiger partial charge in [-0.2, -0.15) is 0 Å². The number of amides is 1. The summed E-state index contributed by atoms with van der Waals surface area (Å²) < 4.78 is 15.6. The fraction of sp³-hybridized carbons (Fsp3) is 0.263. The van der Waals surface area contributed by atoms with Crippen LogP contribution in [-0.2, 0) is 20.9 Å². The summed E-state index contributed by atoms with van der Waals surface area (Å²) in [5, 5.41) is 2.68. The van der Waals surface area contributed by atoms with Crippen LogP contribution in [0.5, 0.6) is 11.5 Å². The molecule has 1 N–H and O–H groups in total. The number of methoxy groups -OCH3 is 1. The smallest absolute Gasteiger partial charge is 0.347 e. The lowest BCUT2D eigenvalue weighted by Gasteiger charge is -2.14. The Balaban J connectivity index is 1.74. The molecule has 0 unspecified atom stereocenters. The Kier molecular flexibility index (Phi) is 6.83. The molecule has 0 saturated heterocycles. The summed E-state index contributed by atoms with van der Waals surface area (Å²) in [5.41, 5.74) is 0.838. The van der Waals surface area contributed by atoms with Gasteiger partial charge in [0.2, 0.25) is 0 Å². The van der Waals surface area contributed by atoms with Gasteiger partial charge >= 0.3 is 5.97 Å². The largest absolute Gasteiger partial charge is 0.496 e. The first-order chi connectivity index (χ1) is 12.1. The maximum Gasteiger partial charge on any atom is 0.347 e. The molecule has 0 heterocycles. The molecule has 2 aromatic carbocycles. The topological polar surface area (TPSA) is 73.9 Å². The molecule has 2 aromatic rings. The summed E-state index contributed by atoms with van der Waals surface area (Å²) in [6.45, 7) is 1.50. The van der Waals surface area contributed by atoms with Crippen molar-refractivity contribution in [2.75, 3.05) is 13.7 Å². The zero-order chi connectivity index (χ0) is 18.1. The third-order valence-corrected chi connectivity index (χ3v) is 3.40. The van der Waals surface area contributed by atoms with Crippen LogP contribution in [0, 0.1) is 0 Å². The minimum Gasteiger partial charge on any atom is -0.496 e. The van der Waals surface area contributed by atoms with Crippen LogP contribution in [0.2, 0.25) is 0 Å². The lowest BCUT2D eigenvalue weighted by molar-refractivity contribution is -0.154. The van der Waals surface area contributed by atoms with Gasteiger partial charge < -0.3 is 19.5 Å². The Bertz CT molecular complexity index is 702. The first kappa shape index (κ1) is 18.3. The number of nitrogens with one attached hydrogen (secondary N) is 1. The first-order valence-corrected chi connectivity index (χ1v) is 7.87. The van der Waals surface area contributed by atoms with Crippen molar-refractivity contribution in [2.45, 2.75) is 19.6 Å². The number of rotatable bonds is 8. The summed E-state index contributed by atoms with van der Waals surface area (Å²) in [4.78, 5) is 23.7. The van der Waals surface area contributed by atoms with Crippen molar-refractivity contribution in [2.24, 2.45) is 0 Å². The van der Waals surface area contributed by atoms with Gasteiger partial charge in [-0.25, -0.2) is 4.79 Å². The minimum absolute atomic E-state index is 0.288. The summed E-state index contributed by atoms with van der Waals surface area (Å²) in [6.07, 6.45) is -0.801. The van der Waals surface area contributed by atoms with Crippen LogP contribution in [0.25, 0.3) is 0 Å². The predicted octanol–water partition coefficient (Wildman–Crippen LogP) is 2.32. The standard InChI is InChI=1S/C19H21NO5/c1-14(25-16-9-4-3-5-10-16)19(22)24-13-18(21)20-12-15-8-6-7-11-17(15)23-2/h3-11,14H,12-13H2,1-2H3,(H,20,21)/t14-/m0/s1. The van der Waals surface area contributed by atoms with Gasteiger partial charge in [0.15, 0.2) is 12.7 Å². The molecule has 0 fully saturated rings. The predicted molar refractivity (Wildman–Crippen MR) is 92.3 cm³/mol. The van der Waals surface area contributed by atoms with E-state index in [9.17, 15) is 9.59 Å². The molecule has 132 valence electrons. The highest BCUT2D eigenvalue weighted by atomic mass is 16.6. The quantitative estimate of drug-likeness (QED) is 0.745. The molecule has 6 nitrogen and oxygen atoms in total. The normalized spacial score (nSPS) is 11.3. The molecule has 0 saturated carbocycles. The molecule has 6 heteroatoms. The number of para-hydroxylation sites is 2. The van der Waals surface area contributed by atoms with E-state index in [0.717, 1.165) is 5.56 Å². The van der Waals surface area contributed by atoms with Crippen LogP contribution in [0.15, 0.2) is 54.6 Å². The Morgan fingerprint density at radius 3 is 2.44 bits per heavy atom. The Labute approximate surface area is 146 Å². The average Bonchev–Trinajstić information content (AvgIpc) is 2.65. The molecule has 1 atom stereocenters. The second-order valence-electron chi connectivity index (χ2n) is 5.27. The van der Waals surface area contributed by atoms with Crippen molar-refractivity contribution >= 4 is 11.9 Å². The number of ether oxygens (including phenoxy) is 3. The van der Waals surface area contributed by atoms with Gasteiger partial charge in [-0.1, -0.05) is 36.4 Å². The lowest BCUT2D eigenvalue weighted by Crippen LogP contribution is -2.32. The van der Waals surface area contributed by atoms with Crippen molar-refractivity contribution in [3.8, 4) is 11.5 Å². The van der Waals surface area contributed by atoms with E-state index in [4.69, 9.17) is 14.2 Å². The highest BCUT2D eigenvalue weighted by molar-refractivity contribution is 5.82. The van der Waals surface area contributed by atoms with Gasteiger partial charge in [-0.05, 0) is 25.1 Å². The first-order valence-electron chi connectivity index (χ1n) is 7.87. The molecule has 0 aliphatic heterocycles. The van der Waals surface area contributed by atoms with Gasteiger partial charge in [0.25, 0.3) is 5.91 Å². The van der Waals surface area contributed by atoms with Gasteiger partial charge in [0.1, 0.15) is 11.5 Å². The molecule has 0 spiro atoms. The second-order valence-corrected chi connectivity index (χ2v) is 5.27. The van der Waals surface area contributed by atoms with Gasteiger partial charge in [0.05, 0.1) is 7.11 Å². The molecule has 25 heavy (non-hydrogen) atoms. The summed E-state index contributed by atoms with van der Waals surface area (Å²) >= 11 is 0. The van der Waals surface area contributed by atoms with Crippen molar-refractivity contribution in [3.05, 3.63) is 60.2 Å². The highest BCUT2D eigenvalue weighted by Crippen LogP contribution is 2.16. The van der Waals surface area contributed by atoms with E-state index in [0.29, 0.717) is 11.5 Å². The molecule has 0 aromatic heterocycles. The van der Waals surface area contributed by atoms with Crippen LogP contribution < -0.4 is 14.8 Å². The monoisotopic (exact) mass is 343 g/mol. The molecular formula is C19H21NO5. The van der Waals surface area contributed by atoms with E-state index < -0.39 is 18.0 Å². The Morgan fingerprint density at radius 1 is 1.04 bits per heavy atom. The molecule has 2 rings (SSSR count). The maximum atomic E-state index is 11.9. The molecule has 0 bridgehead atoms. The van der Waals surface area contributed by atoms with E-state index in [2.05, 4.69) is 5.32 Å². The van der Waals surface area contributed by atoms with E-state index in [1.807, 2.05) is 30.3 Å². The highest BCUT2D eigenvalue weighted by Gasteiger charge is 2.17. The zero-order valence-electron chi connectivity index (χ0n) is 14.2. The zero-order valence-corrected chi connectivity index (χ0v) is 14.2. The van der Waals surface area contributed by atoms with Crippen molar-refractivity contribution < 1.29 is 23.8 Å². The average molecular weight is 343 g/mol. The number of hydrogen-bond acceptors (Lipinski definition) is 5. The van der Waals surface area contributed by atoms with E-state index in [-0.39, 0.29) is 13.2 Å². The van der Waals surface area contributed by atoms with E-state index in [1.165, 1.54) is 0 Å². The third-order valence-electron chi connectivity index (χ3n) is 3.40. The van der Waals surface area contributed by atoms with E-state index >= 15 is 0 Å². The number of hydrogen-bond donors (Lipinski definition) is 1. The van der Waals surface area contributed by atoms with Crippen molar-refractivity contribution in [3.63, 3.8) is 0 Å². The van der Waals surface area contributed by atoms with Crippen LogP contribution in [0.3, 0.4) is 0 Å². The number of esters is 1. The lowest BCUT2D eigenvalue weighted by atomic mass is 10.2. The summed E-state index contributed by atoms with van der Waals surface area (Å²) in [5.74, 6) is 0.250. The minimum atomic E-state index is -0.801. The van der Waals surface area contributed by atoms with Crippen LogP contribution in [0.4, 0.5) is 0 Å². The Hall–Kier alpha value is -3.02. The third kappa shape index (κ3) is 5.84. The molecule has 0 aliphatic rings. The molecule has 0 aliphatic carbocycles. The maximum absolute atomic E-state index is 11.9. The molecular weight excluding hydrogens is 322 g/mol. The Morgan fingerprint density at radius 2 is 1.72 bits per heavy atom. The summed E-state index contributed by atoms with van der Waals surface area (Å²) in [7, 11) is 1.57. The fourth-order valence-corrected chi connectivity index (χ4v) is 2.10. The van der Waals surface area contributed by atoms with Gasteiger partial charge in [0, 0.05) is 12.1 Å². The summed E-state index contributed by atoms with van der Waals surface area (Å²) in [6, 6.07) is 16.3. The number of carbonyl (C=O) groups is 2. The fourth-order valence-electron chi connectivity index (χ4n) is 2.10. The van der Waals surface area contributed by atoms with Crippen molar-refractivity contribution in [1.82, 2.24) is 5.32 Å². The SMILES string of the molecule is COc1ccccc1CNC(=O)COC(=O)[C@H](C)Oc1ccccc1.